The Bertz CT molecular complexity index is 95.9. The molecule has 2 N–H and O–H groups in total. The standard InChI is InChI=1S/C4H12O5P.Na.H/c1-7-4(8-2)9-10(3,5)6;;/h4-6H,1-3H3;;/q2*+1;-1. The molecule has 0 unspecified atom stereocenters. The zero-order chi connectivity index (χ0) is 8.20. The molecule has 0 aliphatic rings. The molecule has 0 amide bonds. The first-order valence-electron chi connectivity index (χ1n) is 2.55. The van der Waals surface area contributed by atoms with Gasteiger partial charge >= 0.3 is 44.0 Å². The Kier molecular flexibility index (Phi) is 9.00. The predicted molar refractivity (Wildman–Crippen MR) is 37.3 cm³/mol. The van der Waals surface area contributed by atoms with Gasteiger partial charge in [0.25, 0.3) is 0 Å². The van der Waals surface area contributed by atoms with Crippen molar-refractivity contribution >= 4 is 7.94 Å². The average molecular weight is 195 g/mol. The van der Waals surface area contributed by atoms with Gasteiger partial charge in [-0.25, -0.2) is 0 Å². The maximum Gasteiger partial charge on any atom is 1.00 e. The van der Waals surface area contributed by atoms with E-state index in [2.05, 4.69) is 14.0 Å². The summed E-state index contributed by atoms with van der Waals surface area (Å²) in [6.07, 6.45) is 0. The third-order valence-corrected chi connectivity index (χ3v) is 1.24. The van der Waals surface area contributed by atoms with Gasteiger partial charge < -0.3 is 10.9 Å². The summed E-state index contributed by atoms with van der Waals surface area (Å²) >= 11 is 0. The minimum Gasteiger partial charge on any atom is -1.00 e. The van der Waals surface area contributed by atoms with Crippen molar-refractivity contribution < 1.29 is 54.8 Å². The Morgan fingerprint density at radius 3 is 1.73 bits per heavy atom. The fraction of sp³-hybridized carbons (Fsp3) is 1.00. The van der Waals surface area contributed by atoms with E-state index in [9.17, 15) is 0 Å². The first kappa shape index (κ1) is 14.7. The topological polar surface area (TPSA) is 68.2 Å². The van der Waals surface area contributed by atoms with Crippen molar-refractivity contribution in [3.05, 3.63) is 0 Å². The molecular weight excluding hydrogens is 182 g/mol. The van der Waals surface area contributed by atoms with Crippen LogP contribution in [0, 0.1) is 0 Å². The molecule has 0 fully saturated rings. The van der Waals surface area contributed by atoms with Crippen molar-refractivity contribution in [3.63, 3.8) is 0 Å². The van der Waals surface area contributed by atoms with E-state index in [1.54, 1.807) is 0 Å². The van der Waals surface area contributed by atoms with Crippen LogP contribution in [0.15, 0.2) is 0 Å². The summed E-state index contributed by atoms with van der Waals surface area (Å²) in [6.45, 7) is 0.159. The molecule has 0 radical (unpaired) electrons. The van der Waals surface area contributed by atoms with Gasteiger partial charge in [0.15, 0.2) is 0 Å². The van der Waals surface area contributed by atoms with E-state index in [0.717, 1.165) is 6.66 Å². The van der Waals surface area contributed by atoms with Gasteiger partial charge in [-0.15, -0.1) is 4.52 Å². The van der Waals surface area contributed by atoms with Crippen molar-refractivity contribution in [2.45, 2.75) is 6.48 Å². The second-order valence-corrected chi connectivity index (χ2v) is 3.58. The van der Waals surface area contributed by atoms with Gasteiger partial charge in [-0.1, -0.05) is 0 Å². The van der Waals surface area contributed by atoms with E-state index in [4.69, 9.17) is 9.79 Å². The van der Waals surface area contributed by atoms with Crippen LogP contribution < -0.4 is 29.6 Å². The maximum atomic E-state index is 8.73. The molecule has 7 heteroatoms. The van der Waals surface area contributed by atoms with Crippen molar-refractivity contribution in [1.29, 1.82) is 0 Å². The SMILES string of the molecule is COC(OC)O[P+](C)(O)O.[H-].[Na+]. The Hall–Kier alpha value is 1.23. The summed E-state index contributed by atoms with van der Waals surface area (Å²) < 4.78 is 13.6. The molecule has 5 nitrogen and oxygen atoms in total. The third-order valence-electron chi connectivity index (χ3n) is 0.671. The zero-order valence-corrected chi connectivity index (χ0v) is 10.0. The van der Waals surface area contributed by atoms with Crippen molar-refractivity contribution in [2.75, 3.05) is 20.9 Å². The van der Waals surface area contributed by atoms with Crippen LogP contribution in [0.3, 0.4) is 0 Å². The normalized spacial score (nSPS) is 11.5. The zero-order valence-electron chi connectivity index (χ0n) is 8.14. The van der Waals surface area contributed by atoms with E-state index in [0.29, 0.717) is 0 Å². The Labute approximate surface area is 90.0 Å². The molecule has 0 spiro atoms. The van der Waals surface area contributed by atoms with Crippen LogP contribution in [0.25, 0.3) is 0 Å². The van der Waals surface area contributed by atoms with E-state index in [1.165, 1.54) is 14.2 Å². The molecule has 0 aromatic carbocycles. The largest absolute Gasteiger partial charge is 1.00 e. The third kappa shape index (κ3) is 9.14. The molecule has 11 heavy (non-hydrogen) atoms. The number of rotatable bonds is 4. The molecule has 0 bridgehead atoms. The fourth-order valence-corrected chi connectivity index (χ4v) is 0.844. The molecule has 0 rings (SSSR count). The number of ether oxygens (including phenoxy) is 2. The number of methoxy groups -OCH3 is 2. The Balaban J connectivity index is -0.000000405. The molecule has 0 aromatic rings. The first-order valence-corrected chi connectivity index (χ1v) is 4.61. The van der Waals surface area contributed by atoms with Crippen LogP contribution in [0.5, 0.6) is 0 Å². The number of hydrogen-bond acceptors (Lipinski definition) is 5. The molecule has 0 saturated heterocycles. The molecule has 64 valence electrons. The minimum absolute atomic E-state index is 0. The molecule has 0 atom stereocenters. The van der Waals surface area contributed by atoms with Crippen LogP contribution in [-0.2, 0) is 14.0 Å². The molecule has 0 aliphatic carbocycles. The minimum atomic E-state index is -3.25. The van der Waals surface area contributed by atoms with Gasteiger partial charge in [-0.2, -0.15) is 9.79 Å². The molecule has 0 heterocycles. The Morgan fingerprint density at radius 1 is 1.27 bits per heavy atom. The molecule has 0 saturated carbocycles. The van der Waals surface area contributed by atoms with Gasteiger partial charge in [0, 0.05) is 14.2 Å². The fourth-order valence-electron chi connectivity index (χ4n) is 0.345. The first-order chi connectivity index (χ1) is 4.49. The number of hydrogen-bond donors (Lipinski definition) is 2. The second-order valence-electron chi connectivity index (χ2n) is 1.70. The van der Waals surface area contributed by atoms with Crippen molar-refractivity contribution in [1.82, 2.24) is 0 Å². The summed E-state index contributed by atoms with van der Waals surface area (Å²) in [5.41, 5.74) is 0. The van der Waals surface area contributed by atoms with Crippen LogP contribution in [0.1, 0.15) is 1.43 Å². The van der Waals surface area contributed by atoms with Gasteiger partial charge in [-0.3, -0.25) is 0 Å². The van der Waals surface area contributed by atoms with Crippen LogP contribution in [0.4, 0.5) is 0 Å². The predicted octanol–water partition coefficient (Wildman–Crippen LogP) is -2.93. The summed E-state index contributed by atoms with van der Waals surface area (Å²) in [6, 6.07) is 0. The van der Waals surface area contributed by atoms with Crippen molar-refractivity contribution in [2.24, 2.45) is 0 Å². The van der Waals surface area contributed by atoms with E-state index >= 15 is 0 Å². The Morgan fingerprint density at radius 2 is 1.64 bits per heavy atom. The van der Waals surface area contributed by atoms with E-state index in [-0.39, 0.29) is 31.0 Å². The quantitative estimate of drug-likeness (QED) is 0.285. The maximum absolute atomic E-state index is 8.73. The van der Waals surface area contributed by atoms with Gasteiger partial charge in [0.2, 0.25) is 0 Å². The van der Waals surface area contributed by atoms with Gasteiger partial charge in [0.1, 0.15) is 6.66 Å². The van der Waals surface area contributed by atoms with Crippen LogP contribution >= 0.6 is 7.94 Å². The second kappa shape index (κ2) is 6.71. The van der Waals surface area contributed by atoms with E-state index in [1.807, 2.05) is 0 Å². The van der Waals surface area contributed by atoms with Gasteiger partial charge in [-0.05, 0) is 0 Å². The summed E-state index contributed by atoms with van der Waals surface area (Å²) in [7, 11) is -0.581. The van der Waals surface area contributed by atoms with Crippen LogP contribution in [0.2, 0.25) is 0 Å². The molecular formula is C4H13NaO5P+. The molecule has 0 aliphatic heterocycles. The van der Waals surface area contributed by atoms with Crippen molar-refractivity contribution in [3.8, 4) is 0 Å². The summed E-state index contributed by atoms with van der Waals surface area (Å²) in [4.78, 5) is 17.5. The average Bonchev–Trinajstić information content (AvgIpc) is 1.81. The molecule has 0 aromatic heterocycles. The van der Waals surface area contributed by atoms with E-state index < -0.39 is 14.4 Å². The smallest absolute Gasteiger partial charge is 1.00 e. The summed E-state index contributed by atoms with van der Waals surface area (Å²) in [5.74, 6) is 0. The summed E-state index contributed by atoms with van der Waals surface area (Å²) in [5, 5.41) is 0. The monoisotopic (exact) mass is 195 g/mol. The van der Waals surface area contributed by atoms with Gasteiger partial charge in [0.05, 0.1) is 0 Å². The van der Waals surface area contributed by atoms with Crippen LogP contribution in [-0.4, -0.2) is 37.1 Å².